The number of ether oxygens (including phenoxy) is 1. The number of unbranched alkanes of at least 4 members (excludes halogenated alkanes) is 2. The maximum atomic E-state index is 13.5. The van der Waals surface area contributed by atoms with Gasteiger partial charge in [0.05, 0.1) is 42.8 Å². The average molecular weight is 753 g/mol. The maximum absolute atomic E-state index is 13.5. The third kappa shape index (κ3) is 11.8. The fourth-order valence-corrected chi connectivity index (χ4v) is 5.46. The lowest BCUT2D eigenvalue weighted by atomic mass is 9.90. The second-order valence-corrected chi connectivity index (χ2v) is 12.0. The van der Waals surface area contributed by atoms with Gasteiger partial charge in [0.25, 0.3) is 11.8 Å². The summed E-state index contributed by atoms with van der Waals surface area (Å²) in [5.41, 5.74) is 0.432. The van der Waals surface area contributed by atoms with Crippen LogP contribution in [0.2, 0.25) is 0 Å². The molecule has 290 valence electrons. The van der Waals surface area contributed by atoms with E-state index in [-0.39, 0.29) is 53.8 Å². The zero-order valence-electron chi connectivity index (χ0n) is 30.0. The summed E-state index contributed by atoms with van der Waals surface area (Å²) in [4.78, 5) is 91.9. The van der Waals surface area contributed by atoms with E-state index in [1.165, 1.54) is 54.6 Å². The number of amides is 4. The quantitative estimate of drug-likeness (QED) is 0.0371. The second-order valence-electron chi connectivity index (χ2n) is 12.0. The number of carbonyl (C=O) groups excluding carboxylic acids is 5. The molecule has 0 saturated heterocycles. The lowest BCUT2D eigenvalue weighted by Crippen LogP contribution is -2.49. The van der Waals surface area contributed by atoms with Crippen molar-refractivity contribution < 1.29 is 62.9 Å². The largest absolute Gasteiger partial charge is 0.508 e. The van der Waals surface area contributed by atoms with Crippen molar-refractivity contribution in [3.8, 4) is 22.8 Å². The molecule has 0 saturated carbocycles. The van der Waals surface area contributed by atoms with Gasteiger partial charge in [0.15, 0.2) is 5.76 Å². The minimum absolute atomic E-state index is 0.0532. The molecule has 3 rings (SSSR count). The lowest BCUT2D eigenvalue weighted by molar-refractivity contribution is -0.171. The van der Waals surface area contributed by atoms with E-state index >= 15 is 0 Å². The van der Waals surface area contributed by atoms with Crippen molar-refractivity contribution in [1.29, 1.82) is 0 Å². The predicted molar refractivity (Wildman–Crippen MR) is 190 cm³/mol. The Kier molecular flexibility index (Phi) is 16.0. The van der Waals surface area contributed by atoms with Crippen LogP contribution in [0.1, 0.15) is 90.6 Å². The molecule has 1 aromatic heterocycles. The van der Waals surface area contributed by atoms with Crippen LogP contribution in [0.3, 0.4) is 0 Å². The number of benzene rings is 2. The third-order valence-electron chi connectivity index (χ3n) is 8.19. The Morgan fingerprint density at radius 2 is 1.63 bits per heavy atom. The number of phenols is 1. The third-order valence-corrected chi connectivity index (χ3v) is 8.19. The molecule has 0 spiro atoms. The Morgan fingerprint density at radius 1 is 0.907 bits per heavy atom. The monoisotopic (exact) mass is 752 g/mol. The van der Waals surface area contributed by atoms with Gasteiger partial charge in [-0.25, -0.2) is 9.59 Å². The highest BCUT2D eigenvalue weighted by atomic mass is 16.7. The van der Waals surface area contributed by atoms with Gasteiger partial charge in [0.2, 0.25) is 12.3 Å². The summed E-state index contributed by atoms with van der Waals surface area (Å²) < 4.78 is 11.3. The van der Waals surface area contributed by atoms with Gasteiger partial charge in [0.1, 0.15) is 23.3 Å². The van der Waals surface area contributed by atoms with E-state index in [0.29, 0.717) is 24.8 Å². The first-order valence-electron chi connectivity index (χ1n) is 17.3. The van der Waals surface area contributed by atoms with Crippen LogP contribution in [0.4, 0.5) is 0 Å². The van der Waals surface area contributed by atoms with Crippen LogP contribution in [-0.4, -0.2) is 87.8 Å². The number of furan rings is 1. The number of hydroxylamine groups is 2. The Hall–Kier alpha value is -6.39. The van der Waals surface area contributed by atoms with Gasteiger partial charge in [-0.2, -0.15) is 5.06 Å². The van der Waals surface area contributed by atoms with Crippen molar-refractivity contribution >= 4 is 42.0 Å². The first-order valence-corrected chi connectivity index (χ1v) is 17.3. The predicted octanol–water partition coefficient (Wildman–Crippen LogP) is 3.72. The van der Waals surface area contributed by atoms with Gasteiger partial charge >= 0.3 is 17.9 Å². The molecule has 3 atom stereocenters. The Balaban J connectivity index is 1.69. The molecule has 6 N–H and O–H groups in total. The second kappa shape index (κ2) is 20.6. The number of hydrogen-bond acceptors (Lipinski definition) is 11. The van der Waals surface area contributed by atoms with Crippen molar-refractivity contribution in [1.82, 2.24) is 21.0 Å². The molecule has 3 aromatic rings. The number of nitrogens with one attached hydrogen (secondary N) is 3. The van der Waals surface area contributed by atoms with E-state index in [4.69, 9.17) is 19.1 Å². The fourth-order valence-electron chi connectivity index (χ4n) is 5.46. The number of carboxylic acid groups (broad SMARTS) is 2. The molecule has 54 heavy (non-hydrogen) atoms. The van der Waals surface area contributed by atoms with Crippen LogP contribution in [0.15, 0.2) is 59.0 Å². The number of aromatic hydroxyl groups is 1. The van der Waals surface area contributed by atoms with Gasteiger partial charge in [-0.3, -0.25) is 24.0 Å². The highest BCUT2D eigenvalue weighted by Gasteiger charge is 2.34. The molecule has 4 amide bonds. The molecule has 17 nitrogen and oxygen atoms in total. The summed E-state index contributed by atoms with van der Waals surface area (Å²) in [5.74, 6) is -6.52. The highest BCUT2D eigenvalue weighted by molar-refractivity contribution is 6.00. The minimum atomic E-state index is -1.67. The van der Waals surface area contributed by atoms with E-state index in [9.17, 15) is 43.8 Å². The highest BCUT2D eigenvalue weighted by Crippen LogP contribution is 2.29. The summed E-state index contributed by atoms with van der Waals surface area (Å²) in [6.07, 6.45) is 2.45. The van der Waals surface area contributed by atoms with Crippen LogP contribution in [0, 0.1) is 5.92 Å². The normalized spacial score (nSPS) is 12.4. The maximum Gasteiger partial charge on any atom is 0.363 e. The number of phenolic OH excluding ortho intramolecular Hbond substituents is 1. The minimum Gasteiger partial charge on any atom is -0.508 e. The Morgan fingerprint density at radius 3 is 2.24 bits per heavy atom. The van der Waals surface area contributed by atoms with Crippen molar-refractivity contribution in [3.63, 3.8) is 0 Å². The van der Waals surface area contributed by atoms with Crippen LogP contribution in [0.5, 0.6) is 11.5 Å². The van der Waals surface area contributed by atoms with Crippen LogP contribution >= 0.6 is 0 Å². The van der Waals surface area contributed by atoms with Gasteiger partial charge in [0, 0.05) is 5.56 Å². The molecule has 0 bridgehead atoms. The SMILES string of the molecule is CCCCC[C@@H](C(=O)NCNC(=O)c1ccc(-c2ccc(C(=O)NC(CC(=O)O)C(=O)O)c(OCC)c2)o1)C(CC)N(C=O)OC(=O)c1ccc(O)cc1. The van der Waals surface area contributed by atoms with E-state index in [1.807, 2.05) is 6.92 Å². The van der Waals surface area contributed by atoms with Gasteiger partial charge in [-0.05, 0) is 68.3 Å². The van der Waals surface area contributed by atoms with E-state index in [2.05, 4.69) is 16.0 Å². The molecule has 1 heterocycles. The summed E-state index contributed by atoms with van der Waals surface area (Å²) in [6, 6.07) is 9.90. The summed E-state index contributed by atoms with van der Waals surface area (Å²) in [6.45, 7) is 5.23. The van der Waals surface area contributed by atoms with E-state index in [1.54, 1.807) is 13.8 Å². The van der Waals surface area contributed by atoms with Crippen molar-refractivity contribution in [2.45, 2.75) is 71.4 Å². The number of nitrogens with zero attached hydrogens (tertiary/aromatic N) is 1. The molecule has 0 aliphatic rings. The summed E-state index contributed by atoms with van der Waals surface area (Å²) >= 11 is 0. The standard InChI is InChI=1S/C37H44N4O13/c1-4-7-8-9-25(28(5-2)41(21-42)54-37(51)22-10-13-24(43)14-11-22)33(46)38-20-39-35(48)30-17-16-29(53-30)23-12-15-26(31(18-23)52-6-3)34(47)40-27(36(49)50)19-32(44)45/h10-18,21,25,27-28,43H,4-9,19-20H2,1-3H3,(H,38,46)(H,39,48)(H,40,47)(H,44,45)(H,49,50)/t25-,27?,28?/m1/s1. The average Bonchev–Trinajstić information content (AvgIpc) is 3.64. The molecule has 17 heteroatoms. The molecule has 0 aliphatic carbocycles. The zero-order chi connectivity index (χ0) is 39.8. The zero-order valence-corrected chi connectivity index (χ0v) is 30.0. The molecule has 0 radical (unpaired) electrons. The molecule has 0 fully saturated rings. The van der Waals surface area contributed by atoms with Crippen molar-refractivity contribution in [3.05, 3.63) is 71.5 Å². The topological polar surface area (TPSA) is 251 Å². The number of carboxylic acids is 2. The van der Waals surface area contributed by atoms with Gasteiger partial charge in [-0.15, -0.1) is 0 Å². The number of hydrogen-bond donors (Lipinski definition) is 6. The van der Waals surface area contributed by atoms with Crippen molar-refractivity contribution in [2.75, 3.05) is 13.3 Å². The number of rotatable bonds is 22. The van der Waals surface area contributed by atoms with Crippen LogP contribution in [0.25, 0.3) is 11.3 Å². The molecule has 2 aromatic carbocycles. The van der Waals surface area contributed by atoms with Crippen LogP contribution in [-0.2, 0) is 24.0 Å². The molecule has 0 aliphatic heterocycles. The number of carbonyl (C=O) groups is 7. The lowest BCUT2D eigenvalue weighted by Gasteiger charge is -2.31. The number of aliphatic carboxylic acids is 2. The van der Waals surface area contributed by atoms with Crippen LogP contribution < -0.4 is 20.7 Å². The molecule has 2 unspecified atom stereocenters. The molecular weight excluding hydrogens is 708 g/mol. The smallest absolute Gasteiger partial charge is 0.363 e. The van der Waals surface area contributed by atoms with Gasteiger partial charge in [-0.1, -0.05) is 39.2 Å². The fraction of sp³-hybridized carbons (Fsp3) is 0.378. The van der Waals surface area contributed by atoms with E-state index in [0.717, 1.165) is 17.9 Å². The van der Waals surface area contributed by atoms with E-state index < -0.39 is 60.1 Å². The molecular formula is C37H44N4O13. The van der Waals surface area contributed by atoms with Crippen molar-refractivity contribution in [2.24, 2.45) is 5.92 Å². The first-order chi connectivity index (χ1) is 25.8. The Labute approximate surface area is 310 Å². The summed E-state index contributed by atoms with van der Waals surface area (Å²) in [5, 5.41) is 36.0. The first kappa shape index (κ1) is 42.0. The Bertz CT molecular complexity index is 1790. The summed E-state index contributed by atoms with van der Waals surface area (Å²) in [7, 11) is 0. The van der Waals surface area contributed by atoms with Gasteiger partial charge < -0.3 is 45.3 Å².